The molecular weight excluding hydrogens is 229 g/mol. The molecule has 0 aromatic heterocycles. The number of nitriles is 1. The molecule has 0 saturated carbocycles. The second kappa shape index (κ2) is 5.33. The number of para-hydroxylation sites is 1. The summed E-state index contributed by atoms with van der Waals surface area (Å²) in [5.41, 5.74) is 1.97. The summed E-state index contributed by atoms with van der Waals surface area (Å²) in [4.78, 5) is 0. The van der Waals surface area contributed by atoms with Gasteiger partial charge in [-0.1, -0.05) is 18.2 Å². The first-order valence-corrected chi connectivity index (χ1v) is 5.57. The SMILES string of the molecule is Cc1ccccc1OCc1cc(F)cc(C#N)c1. The Morgan fingerprint density at radius 1 is 1.22 bits per heavy atom. The molecule has 0 radical (unpaired) electrons. The van der Waals surface area contributed by atoms with E-state index in [-0.39, 0.29) is 6.61 Å². The molecule has 0 fully saturated rings. The summed E-state index contributed by atoms with van der Waals surface area (Å²) in [5.74, 6) is 0.345. The van der Waals surface area contributed by atoms with Gasteiger partial charge in [0.15, 0.2) is 0 Å². The minimum Gasteiger partial charge on any atom is -0.489 e. The fraction of sp³-hybridized carbons (Fsp3) is 0.133. The average Bonchev–Trinajstić information content (AvgIpc) is 2.37. The summed E-state index contributed by atoms with van der Waals surface area (Å²) in [6, 6.07) is 13.7. The molecule has 90 valence electrons. The van der Waals surface area contributed by atoms with E-state index in [0.29, 0.717) is 11.1 Å². The molecule has 2 nitrogen and oxygen atoms in total. The van der Waals surface area contributed by atoms with E-state index < -0.39 is 5.82 Å². The number of ether oxygens (including phenoxy) is 1. The van der Waals surface area contributed by atoms with E-state index in [9.17, 15) is 4.39 Å². The zero-order valence-corrected chi connectivity index (χ0v) is 9.98. The van der Waals surface area contributed by atoms with Gasteiger partial charge >= 0.3 is 0 Å². The molecule has 0 aliphatic heterocycles. The van der Waals surface area contributed by atoms with E-state index in [1.54, 1.807) is 6.07 Å². The number of hydrogen-bond donors (Lipinski definition) is 0. The van der Waals surface area contributed by atoms with Gasteiger partial charge in [-0.25, -0.2) is 4.39 Å². The number of hydrogen-bond acceptors (Lipinski definition) is 2. The predicted molar refractivity (Wildman–Crippen MR) is 66.6 cm³/mol. The zero-order chi connectivity index (χ0) is 13.0. The van der Waals surface area contributed by atoms with E-state index in [2.05, 4.69) is 0 Å². The number of nitrogens with zero attached hydrogens (tertiary/aromatic N) is 1. The third-order valence-electron chi connectivity index (χ3n) is 2.57. The lowest BCUT2D eigenvalue weighted by Gasteiger charge is -2.09. The van der Waals surface area contributed by atoms with Gasteiger partial charge in [0, 0.05) is 0 Å². The number of aryl methyl sites for hydroxylation is 1. The first-order valence-electron chi connectivity index (χ1n) is 5.57. The molecule has 0 N–H and O–H groups in total. The van der Waals surface area contributed by atoms with Crippen molar-refractivity contribution in [3.63, 3.8) is 0 Å². The monoisotopic (exact) mass is 241 g/mol. The Morgan fingerprint density at radius 2 is 2.00 bits per heavy atom. The lowest BCUT2D eigenvalue weighted by Crippen LogP contribution is -1.98. The second-order valence-corrected chi connectivity index (χ2v) is 4.01. The van der Waals surface area contributed by atoms with Gasteiger partial charge in [-0.15, -0.1) is 0 Å². The highest BCUT2D eigenvalue weighted by atomic mass is 19.1. The van der Waals surface area contributed by atoms with Crippen LogP contribution in [0, 0.1) is 24.1 Å². The van der Waals surface area contributed by atoms with Gasteiger partial charge in [0.2, 0.25) is 0 Å². The van der Waals surface area contributed by atoms with Gasteiger partial charge in [-0.3, -0.25) is 0 Å². The van der Waals surface area contributed by atoms with Crippen molar-refractivity contribution in [1.82, 2.24) is 0 Å². The van der Waals surface area contributed by atoms with Gasteiger partial charge in [-0.2, -0.15) is 5.26 Å². The van der Waals surface area contributed by atoms with Gasteiger partial charge in [-0.05, 0) is 42.3 Å². The molecule has 0 aliphatic rings. The summed E-state index contributed by atoms with van der Waals surface area (Å²) < 4.78 is 18.8. The fourth-order valence-electron chi connectivity index (χ4n) is 1.68. The standard InChI is InChI=1S/C15H12FNO/c1-11-4-2-3-5-15(11)18-10-13-6-12(9-17)7-14(16)8-13/h2-8H,10H2,1H3. The smallest absolute Gasteiger partial charge is 0.124 e. The van der Waals surface area contributed by atoms with Crippen LogP contribution in [0.1, 0.15) is 16.7 Å². The maximum absolute atomic E-state index is 13.2. The molecular formula is C15H12FNO. The van der Waals surface area contributed by atoms with Gasteiger partial charge in [0.25, 0.3) is 0 Å². The van der Waals surface area contributed by atoms with Crippen LogP contribution in [0.4, 0.5) is 4.39 Å². The second-order valence-electron chi connectivity index (χ2n) is 4.01. The quantitative estimate of drug-likeness (QED) is 0.822. The maximum atomic E-state index is 13.2. The highest BCUT2D eigenvalue weighted by Crippen LogP contribution is 2.18. The zero-order valence-electron chi connectivity index (χ0n) is 9.98. The van der Waals surface area contributed by atoms with E-state index in [1.807, 2.05) is 37.3 Å². The molecule has 2 aromatic rings. The lowest BCUT2D eigenvalue weighted by molar-refractivity contribution is 0.303. The average molecular weight is 241 g/mol. The molecule has 0 unspecified atom stereocenters. The Morgan fingerprint density at radius 3 is 2.72 bits per heavy atom. The Hall–Kier alpha value is -2.34. The molecule has 0 atom stereocenters. The Bertz CT molecular complexity index is 602. The molecule has 0 amide bonds. The van der Waals surface area contributed by atoms with Crippen molar-refractivity contribution in [2.24, 2.45) is 0 Å². The van der Waals surface area contributed by atoms with E-state index in [0.717, 1.165) is 11.3 Å². The van der Waals surface area contributed by atoms with Crippen LogP contribution < -0.4 is 4.74 Å². The Labute approximate surface area is 105 Å². The van der Waals surface area contributed by atoms with Crippen LogP contribution in [0.25, 0.3) is 0 Å². The van der Waals surface area contributed by atoms with E-state index in [1.165, 1.54) is 12.1 Å². The van der Waals surface area contributed by atoms with Gasteiger partial charge in [0.05, 0.1) is 11.6 Å². The van der Waals surface area contributed by atoms with E-state index >= 15 is 0 Å². The maximum Gasteiger partial charge on any atom is 0.124 e. The fourth-order valence-corrected chi connectivity index (χ4v) is 1.68. The van der Waals surface area contributed by atoms with Crippen molar-refractivity contribution in [3.8, 4) is 11.8 Å². The first kappa shape index (κ1) is 12.1. The Kier molecular flexibility index (Phi) is 3.59. The van der Waals surface area contributed by atoms with Crippen molar-refractivity contribution in [2.75, 3.05) is 0 Å². The highest BCUT2D eigenvalue weighted by Gasteiger charge is 2.03. The molecule has 2 aromatic carbocycles. The normalized spacial score (nSPS) is 9.83. The van der Waals surface area contributed by atoms with Crippen molar-refractivity contribution >= 4 is 0 Å². The third-order valence-corrected chi connectivity index (χ3v) is 2.57. The summed E-state index contributed by atoms with van der Waals surface area (Å²) in [5, 5.41) is 8.76. The lowest BCUT2D eigenvalue weighted by atomic mass is 10.1. The van der Waals surface area contributed by atoms with Crippen LogP contribution in [0.5, 0.6) is 5.75 Å². The van der Waals surface area contributed by atoms with Crippen molar-refractivity contribution < 1.29 is 9.13 Å². The van der Waals surface area contributed by atoms with Gasteiger partial charge in [0.1, 0.15) is 18.2 Å². The van der Waals surface area contributed by atoms with Crippen molar-refractivity contribution in [2.45, 2.75) is 13.5 Å². The first-order chi connectivity index (χ1) is 8.69. The van der Waals surface area contributed by atoms with Crippen LogP contribution in [0.3, 0.4) is 0 Å². The highest BCUT2D eigenvalue weighted by molar-refractivity contribution is 5.35. The molecule has 0 saturated heterocycles. The molecule has 0 bridgehead atoms. The minimum absolute atomic E-state index is 0.247. The van der Waals surface area contributed by atoms with Crippen LogP contribution in [0.15, 0.2) is 42.5 Å². The minimum atomic E-state index is -0.419. The summed E-state index contributed by atoms with van der Waals surface area (Å²) in [6.07, 6.45) is 0. The number of halogens is 1. The van der Waals surface area contributed by atoms with E-state index in [4.69, 9.17) is 10.00 Å². The number of rotatable bonds is 3. The Balaban J connectivity index is 2.14. The molecule has 2 rings (SSSR count). The van der Waals surface area contributed by atoms with Crippen LogP contribution >= 0.6 is 0 Å². The molecule has 3 heteroatoms. The number of benzene rings is 2. The summed E-state index contributed by atoms with van der Waals surface area (Å²) in [6.45, 7) is 2.19. The van der Waals surface area contributed by atoms with Crippen LogP contribution in [0.2, 0.25) is 0 Å². The van der Waals surface area contributed by atoms with Gasteiger partial charge < -0.3 is 4.74 Å². The van der Waals surface area contributed by atoms with Crippen molar-refractivity contribution in [3.05, 3.63) is 65.0 Å². The molecule has 0 spiro atoms. The third kappa shape index (κ3) is 2.86. The molecule has 0 aliphatic carbocycles. The predicted octanol–water partition coefficient (Wildman–Crippen LogP) is 3.58. The van der Waals surface area contributed by atoms with Crippen LogP contribution in [-0.2, 0) is 6.61 Å². The topological polar surface area (TPSA) is 33.0 Å². The summed E-state index contributed by atoms with van der Waals surface area (Å²) in [7, 11) is 0. The van der Waals surface area contributed by atoms with Crippen LogP contribution in [-0.4, -0.2) is 0 Å². The largest absolute Gasteiger partial charge is 0.489 e. The van der Waals surface area contributed by atoms with Crippen molar-refractivity contribution in [1.29, 1.82) is 5.26 Å². The molecule has 18 heavy (non-hydrogen) atoms. The summed E-state index contributed by atoms with van der Waals surface area (Å²) >= 11 is 0. The molecule has 0 heterocycles.